The van der Waals surface area contributed by atoms with Gasteiger partial charge in [-0.05, 0) is 18.6 Å². The molecule has 0 aliphatic rings. The summed E-state index contributed by atoms with van der Waals surface area (Å²) in [5.74, 6) is 0. The molecular weight excluding hydrogens is 279 g/mol. The lowest BCUT2D eigenvalue weighted by molar-refractivity contribution is -0.134. The fraction of sp³-hybridized carbons (Fsp3) is 0.455. The topological polar surface area (TPSA) is 50.9 Å². The van der Waals surface area contributed by atoms with Crippen LogP contribution in [0.15, 0.2) is 12.3 Å². The van der Waals surface area contributed by atoms with E-state index in [2.05, 4.69) is 10.3 Å². The van der Waals surface area contributed by atoms with Gasteiger partial charge in [-0.3, -0.25) is 0 Å². The lowest BCUT2D eigenvalue weighted by Gasteiger charge is -2.01. The molecule has 0 radical (unpaired) electrons. The molecule has 2 aromatic heterocycles. The van der Waals surface area contributed by atoms with Crippen LogP contribution in [0, 0.1) is 6.92 Å². The second kappa shape index (κ2) is 5.30. The summed E-state index contributed by atoms with van der Waals surface area (Å²) in [7, 11) is 0. The molecule has 0 aliphatic carbocycles. The molecule has 8 heteroatoms. The second-order valence-corrected chi connectivity index (χ2v) is 5.23. The normalized spacial score (nSPS) is 12.1. The first kappa shape index (κ1) is 14.0. The summed E-state index contributed by atoms with van der Waals surface area (Å²) in [5.41, 5.74) is 1.21. The number of nitrogens with zero attached hydrogens (tertiary/aromatic N) is 3. The maximum atomic E-state index is 12.6. The number of aliphatic hydroxyl groups excluding tert-OH is 1. The highest BCUT2D eigenvalue weighted by molar-refractivity contribution is 7.12. The van der Waals surface area contributed by atoms with Gasteiger partial charge in [-0.1, -0.05) is 5.21 Å². The number of halogens is 3. The van der Waals surface area contributed by atoms with Gasteiger partial charge < -0.3 is 5.11 Å². The standard InChI is InChI=1S/C11H12F3N3OS/c1-7-4-10(11(12,13)14)19-9(7)6-17-5-8(2-3-18)15-16-17/h4-5,18H,2-3,6H2,1H3. The zero-order valence-corrected chi connectivity index (χ0v) is 10.9. The first-order valence-corrected chi connectivity index (χ1v) is 6.38. The molecule has 4 nitrogen and oxygen atoms in total. The van der Waals surface area contributed by atoms with Gasteiger partial charge in [0, 0.05) is 24.1 Å². The van der Waals surface area contributed by atoms with E-state index in [4.69, 9.17) is 5.11 Å². The molecule has 0 atom stereocenters. The Morgan fingerprint density at radius 2 is 2.16 bits per heavy atom. The van der Waals surface area contributed by atoms with Crippen molar-refractivity contribution in [1.82, 2.24) is 15.0 Å². The molecule has 0 aromatic carbocycles. The van der Waals surface area contributed by atoms with Crippen LogP contribution in [0.2, 0.25) is 0 Å². The van der Waals surface area contributed by atoms with Crippen LogP contribution in [0.1, 0.15) is 21.0 Å². The first-order chi connectivity index (χ1) is 8.90. The lowest BCUT2D eigenvalue weighted by Crippen LogP contribution is -2.01. The van der Waals surface area contributed by atoms with Crippen LogP contribution in [0.25, 0.3) is 0 Å². The summed E-state index contributed by atoms with van der Waals surface area (Å²) in [6.07, 6.45) is -2.29. The van der Waals surface area contributed by atoms with Gasteiger partial charge in [0.2, 0.25) is 0 Å². The summed E-state index contributed by atoms with van der Waals surface area (Å²) < 4.78 is 39.2. The molecule has 0 saturated carbocycles. The van der Waals surface area contributed by atoms with Crippen LogP contribution < -0.4 is 0 Å². The highest BCUT2D eigenvalue weighted by atomic mass is 32.1. The van der Waals surface area contributed by atoms with Crippen molar-refractivity contribution in [3.63, 3.8) is 0 Å². The molecule has 2 aromatic rings. The van der Waals surface area contributed by atoms with Gasteiger partial charge in [-0.25, -0.2) is 4.68 Å². The third-order valence-corrected chi connectivity index (χ3v) is 3.83. The molecular formula is C11H12F3N3OS. The number of aryl methyl sites for hydroxylation is 1. The van der Waals surface area contributed by atoms with Crippen molar-refractivity contribution in [2.45, 2.75) is 26.1 Å². The van der Waals surface area contributed by atoms with Gasteiger partial charge >= 0.3 is 6.18 Å². The van der Waals surface area contributed by atoms with Crippen LogP contribution in [0.4, 0.5) is 13.2 Å². The van der Waals surface area contributed by atoms with E-state index in [0.717, 1.165) is 17.4 Å². The maximum Gasteiger partial charge on any atom is 0.425 e. The average molecular weight is 291 g/mol. The van der Waals surface area contributed by atoms with Gasteiger partial charge in [0.15, 0.2) is 0 Å². The zero-order chi connectivity index (χ0) is 14.0. The Balaban J connectivity index is 2.16. The number of alkyl halides is 3. The van der Waals surface area contributed by atoms with Crippen LogP contribution in [0.5, 0.6) is 0 Å². The molecule has 1 N–H and O–H groups in total. The fourth-order valence-corrected chi connectivity index (χ4v) is 2.64. The Labute approximate surface area is 111 Å². The minimum atomic E-state index is -4.31. The maximum absolute atomic E-state index is 12.6. The second-order valence-electron chi connectivity index (χ2n) is 4.10. The Kier molecular flexibility index (Phi) is 3.91. The molecule has 104 valence electrons. The number of aromatic nitrogens is 3. The van der Waals surface area contributed by atoms with E-state index in [9.17, 15) is 13.2 Å². The molecule has 0 saturated heterocycles. The summed E-state index contributed by atoms with van der Waals surface area (Å²) in [4.78, 5) is 0.00321. The van der Waals surface area contributed by atoms with Gasteiger partial charge in [-0.15, -0.1) is 16.4 Å². The zero-order valence-electron chi connectivity index (χ0n) is 10.1. The minimum Gasteiger partial charge on any atom is -0.396 e. The van der Waals surface area contributed by atoms with Crippen LogP contribution in [-0.2, 0) is 19.1 Å². The quantitative estimate of drug-likeness (QED) is 0.940. The highest BCUT2D eigenvalue weighted by Crippen LogP contribution is 2.36. The molecule has 0 aliphatic heterocycles. The van der Waals surface area contributed by atoms with E-state index in [0.29, 0.717) is 22.6 Å². The molecule has 2 rings (SSSR count). The molecule has 0 unspecified atom stereocenters. The molecule has 19 heavy (non-hydrogen) atoms. The molecule has 0 amide bonds. The van der Waals surface area contributed by atoms with Crippen molar-refractivity contribution in [1.29, 1.82) is 0 Å². The number of rotatable bonds is 4. The Hall–Kier alpha value is -1.41. The van der Waals surface area contributed by atoms with E-state index in [-0.39, 0.29) is 13.2 Å². The van der Waals surface area contributed by atoms with E-state index >= 15 is 0 Å². The predicted molar refractivity (Wildman–Crippen MR) is 64.0 cm³/mol. The van der Waals surface area contributed by atoms with Crippen LogP contribution >= 0.6 is 11.3 Å². The monoisotopic (exact) mass is 291 g/mol. The minimum absolute atomic E-state index is 0.0328. The Morgan fingerprint density at radius 3 is 2.74 bits per heavy atom. The van der Waals surface area contributed by atoms with E-state index in [1.807, 2.05) is 0 Å². The first-order valence-electron chi connectivity index (χ1n) is 5.56. The van der Waals surface area contributed by atoms with Gasteiger partial charge in [0.25, 0.3) is 0 Å². The number of aliphatic hydroxyl groups is 1. The van der Waals surface area contributed by atoms with Crippen molar-refractivity contribution in [3.05, 3.63) is 33.3 Å². The fourth-order valence-electron chi connectivity index (χ4n) is 1.61. The number of hydrogen-bond acceptors (Lipinski definition) is 4. The Morgan fingerprint density at radius 1 is 1.42 bits per heavy atom. The van der Waals surface area contributed by atoms with Crippen molar-refractivity contribution in [2.24, 2.45) is 0 Å². The molecule has 0 fully saturated rings. The molecule has 0 bridgehead atoms. The number of thiophene rings is 1. The summed E-state index contributed by atoms with van der Waals surface area (Å²) in [6.45, 7) is 1.87. The molecule has 0 spiro atoms. The Bertz CT molecular complexity index is 562. The summed E-state index contributed by atoms with van der Waals surface area (Å²) >= 11 is 0.721. The molecule has 2 heterocycles. The van der Waals surface area contributed by atoms with E-state index < -0.39 is 11.1 Å². The smallest absolute Gasteiger partial charge is 0.396 e. The van der Waals surface area contributed by atoms with Crippen LogP contribution in [0.3, 0.4) is 0 Å². The average Bonchev–Trinajstić information content (AvgIpc) is 2.87. The summed E-state index contributed by atoms with van der Waals surface area (Å²) in [6, 6.07) is 1.14. The van der Waals surface area contributed by atoms with E-state index in [1.54, 1.807) is 13.1 Å². The van der Waals surface area contributed by atoms with Crippen molar-refractivity contribution in [3.8, 4) is 0 Å². The van der Waals surface area contributed by atoms with Crippen molar-refractivity contribution >= 4 is 11.3 Å². The predicted octanol–water partition coefficient (Wildman–Crippen LogP) is 2.25. The van der Waals surface area contributed by atoms with Crippen LogP contribution in [-0.4, -0.2) is 26.7 Å². The summed E-state index contributed by atoms with van der Waals surface area (Å²) in [5, 5.41) is 16.4. The highest BCUT2D eigenvalue weighted by Gasteiger charge is 2.33. The van der Waals surface area contributed by atoms with Gasteiger partial charge in [0.05, 0.1) is 12.2 Å². The van der Waals surface area contributed by atoms with Crippen molar-refractivity contribution in [2.75, 3.05) is 6.61 Å². The van der Waals surface area contributed by atoms with E-state index in [1.165, 1.54) is 4.68 Å². The largest absolute Gasteiger partial charge is 0.425 e. The van der Waals surface area contributed by atoms with Gasteiger partial charge in [-0.2, -0.15) is 13.2 Å². The number of hydrogen-bond donors (Lipinski definition) is 1. The third-order valence-electron chi connectivity index (χ3n) is 2.56. The lowest BCUT2D eigenvalue weighted by atomic mass is 10.2. The third kappa shape index (κ3) is 3.32. The van der Waals surface area contributed by atoms with Gasteiger partial charge in [0.1, 0.15) is 4.88 Å². The van der Waals surface area contributed by atoms with Crippen molar-refractivity contribution < 1.29 is 18.3 Å². The SMILES string of the molecule is Cc1cc(C(F)(F)F)sc1Cn1cc(CCO)nn1.